The van der Waals surface area contributed by atoms with Crippen molar-refractivity contribution in [3.05, 3.63) is 140 Å². The lowest BCUT2D eigenvalue weighted by atomic mass is 9.70. The predicted octanol–water partition coefficient (Wildman–Crippen LogP) is 14.1. The summed E-state index contributed by atoms with van der Waals surface area (Å²) in [5.41, 5.74) is 10.4. The van der Waals surface area contributed by atoms with Crippen LogP contribution in [0.1, 0.15) is 192 Å². The fourth-order valence-electron chi connectivity index (χ4n) is 8.97. The van der Waals surface area contributed by atoms with Crippen molar-refractivity contribution in [2.45, 2.75) is 163 Å². The average Bonchev–Trinajstić information content (AvgIpc) is 3.14. The van der Waals surface area contributed by atoms with Gasteiger partial charge in [-0.05, 0) is 83.6 Å². The molecule has 0 atom stereocenters. The highest BCUT2D eigenvalue weighted by Crippen LogP contribution is 2.57. The molecule has 0 N–H and O–H groups in total. The summed E-state index contributed by atoms with van der Waals surface area (Å²) in [7, 11) is -4.40. The lowest BCUT2D eigenvalue weighted by Gasteiger charge is -2.45. The number of nitrogens with zero attached hydrogens (tertiary/aromatic N) is 2. The Bertz CT molecular complexity index is 2480. The lowest BCUT2D eigenvalue weighted by molar-refractivity contribution is 0.258. The van der Waals surface area contributed by atoms with Crippen molar-refractivity contribution in [1.82, 2.24) is 0 Å². The molecular weight excluding hydrogens is 789 g/mol. The molecule has 0 unspecified atom stereocenters. The van der Waals surface area contributed by atoms with Gasteiger partial charge in [0.25, 0.3) is 0 Å². The maximum atomic E-state index is 11.0. The Hall–Kier alpha value is -5.30. The van der Waals surface area contributed by atoms with Crippen molar-refractivity contribution < 1.29 is 13.3 Å². The maximum absolute atomic E-state index is 11.0. The fraction of sp³-hybridized carbons (Fsp3) is 0.439. The quantitative estimate of drug-likeness (QED) is 0.165. The first-order valence-electron chi connectivity index (χ1n) is 22.6. The lowest BCUT2D eigenvalue weighted by Crippen LogP contribution is -2.66. The van der Waals surface area contributed by atoms with Crippen LogP contribution in [0.2, 0.25) is 0 Å². The van der Waals surface area contributed by atoms with Gasteiger partial charge in [0.2, 0.25) is 0 Å². The molecule has 8 rings (SSSR count). The first-order chi connectivity index (χ1) is 28.9. The van der Waals surface area contributed by atoms with Crippen molar-refractivity contribution in [2.75, 3.05) is 0 Å². The van der Waals surface area contributed by atoms with Gasteiger partial charge in [-0.2, -0.15) is 10.5 Å². The van der Waals surface area contributed by atoms with Gasteiger partial charge >= 0.3 is 8.80 Å². The van der Waals surface area contributed by atoms with Crippen LogP contribution in [0.4, 0.5) is 0 Å². The van der Waals surface area contributed by atoms with Crippen LogP contribution < -0.4 is 18.5 Å². The molecule has 0 saturated carbocycles. The van der Waals surface area contributed by atoms with Crippen molar-refractivity contribution in [2.24, 2.45) is 0 Å². The van der Waals surface area contributed by atoms with Gasteiger partial charge in [0.1, 0.15) is 17.2 Å². The van der Waals surface area contributed by atoms with E-state index in [1.807, 2.05) is 42.5 Å². The highest BCUT2D eigenvalue weighted by molar-refractivity contribution is 6.77. The molecule has 5 aromatic carbocycles. The van der Waals surface area contributed by atoms with Crippen LogP contribution >= 0.6 is 0 Å². The summed E-state index contributed by atoms with van der Waals surface area (Å²) in [6, 6.07) is 32.5. The molecule has 0 amide bonds. The second-order valence-corrected chi connectivity index (χ2v) is 26.5. The van der Waals surface area contributed by atoms with Crippen LogP contribution in [0, 0.1) is 22.7 Å². The molecule has 0 aliphatic carbocycles. The molecule has 3 aliphatic rings. The van der Waals surface area contributed by atoms with E-state index in [9.17, 15) is 10.5 Å². The molecule has 3 aliphatic heterocycles. The van der Waals surface area contributed by atoms with E-state index in [-0.39, 0.29) is 38.4 Å². The molecule has 5 nitrogen and oxygen atoms in total. The zero-order valence-corrected chi connectivity index (χ0v) is 42.2. The second kappa shape index (κ2) is 14.9. The van der Waals surface area contributed by atoms with Gasteiger partial charge in [-0.15, -0.1) is 0 Å². The molecule has 0 spiro atoms. The van der Waals surface area contributed by atoms with Crippen LogP contribution in [-0.2, 0) is 32.5 Å². The molecule has 63 heavy (non-hydrogen) atoms. The Morgan fingerprint density at radius 3 is 1.02 bits per heavy atom. The van der Waals surface area contributed by atoms with E-state index in [0.717, 1.165) is 56.2 Å². The minimum atomic E-state index is -4.40. The summed E-state index contributed by atoms with van der Waals surface area (Å²) in [5, 5.41) is 22.6. The van der Waals surface area contributed by atoms with E-state index < -0.39 is 8.80 Å². The second-order valence-electron chi connectivity index (χ2n) is 24.2. The van der Waals surface area contributed by atoms with Gasteiger partial charge in [0.05, 0.1) is 28.5 Å². The zero-order chi connectivity index (χ0) is 46.6. The number of rotatable bonds is 2. The Labute approximate surface area is 379 Å². The van der Waals surface area contributed by atoms with Gasteiger partial charge in [0.15, 0.2) is 0 Å². The van der Waals surface area contributed by atoms with E-state index in [2.05, 4.69) is 173 Å². The van der Waals surface area contributed by atoms with Gasteiger partial charge in [-0.3, -0.25) is 0 Å². The summed E-state index contributed by atoms with van der Waals surface area (Å²) in [4.78, 5) is 0. The highest BCUT2D eigenvalue weighted by Gasteiger charge is 2.59. The standard InChI is InChI=1S/C57H68N2O3Si/c1-52(2,3)37-26-41-48-42-27-38(53(4,5)6)30-45(56(13,14)15)50(42)61-63(60-49(41)44(29-37)55(10,11)12,62-51-43(48)28-39(54(7,8)9)31-46(51)57(16,17)18)40-24-35(32-58)47(36(25-40)33-59)34-22-20-19-21-23-34/h19-31,48H,1-18H3. The number of benzene rings is 5. The third-order valence-corrected chi connectivity index (χ3v) is 15.2. The topological polar surface area (TPSA) is 75.3 Å². The van der Waals surface area contributed by atoms with E-state index >= 15 is 0 Å². The first-order valence-corrected chi connectivity index (χ1v) is 24.3. The smallest absolute Gasteiger partial charge is 0.479 e. The average molecular weight is 857 g/mol. The minimum absolute atomic E-state index is 0.191. The molecular formula is C57H68N2O3Si. The van der Waals surface area contributed by atoms with Gasteiger partial charge < -0.3 is 13.3 Å². The van der Waals surface area contributed by atoms with Gasteiger partial charge in [0, 0.05) is 28.2 Å². The fourth-order valence-corrected chi connectivity index (χ4v) is 11.6. The molecule has 0 saturated heterocycles. The number of nitriles is 2. The van der Waals surface area contributed by atoms with E-state index in [0.29, 0.717) is 21.9 Å². The maximum Gasteiger partial charge on any atom is 0.737 e. The highest BCUT2D eigenvalue weighted by atomic mass is 28.4. The summed E-state index contributed by atoms with van der Waals surface area (Å²) in [6.07, 6.45) is 0. The van der Waals surface area contributed by atoms with Crippen molar-refractivity contribution in [1.29, 1.82) is 10.5 Å². The summed E-state index contributed by atoms with van der Waals surface area (Å²) < 4.78 is 23.6. The van der Waals surface area contributed by atoms with Crippen LogP contribution in [0.5, 0.6) is 17.2 Å². The molecule has 6 heteroatoms. The molecule has 3 heterocycles. The summed E-state index contributed by atoms with van der Waals surface area (Å²) in [5.74, 6) is 1.87. The normalized spacial score (nSPS) is 17.6. The van der Waals surface area contributed by atoms with E-state index in [4.69, 9.17) is 13.3 Å². The Balaban J connectivity index is 1.82. The Morgan fingerprint density at radius 1 is 0.429 bits per heavy atom. The summed E-state index contributed by atoms with van der Waals surface area (Å²) in [6.45, 7) is 40.7. The molecule has 0 radical (unpaired) electrons. The summed E-state index contributed by atoms with van der Waals surface area (Å²) >= 11 is 0. The number of hydrogen-bond acceptors (Lipinski definition) is 5. The predicted molar refractivity (Wildman–Crippen MR) is 261 cm³/mol. The van der Waals surface area contributed by atoms with Crippen LogP contribution in [0.15, 0.2) is 78.9 Å². The van der Waals surface area contributed by atoms with Gasteiger partial charge in [-0.25, -0.2) is 0 Å². The molecule has 0 fully saturated rings. The number of hydrogen-bond donors (Lipinski definition) is 0. The molecule has 0 aromatic heterocycles. The van der Waals surface area contributed by atoms with Crippen LogP contribution in [0.3, 0.4) is 0 Å². The van der Waals surface area contributed by atoms with Crippen molar-refractivity contribution in [3.8, 4) is 40.5 Å². The first kappa shape index (κ1) is 45.7. The van der Waals surface area contributed by atoms with Crippen LogP contribution in [0.25, 0.3) is 11.1 Å². The van der Waals surface area contributed by atoms with Crippen molar-refractivity contribution in [3.63, 3.8) is 0 Å². The third kappa shape index (κ3) is 8.21. The molecule has 328 valence electrons. The Morgan fingerprint density at radius 2 is 0.746 bits per heavy atom. The van der Waals surface area contributed by atoms with E-state index in [1.165, 1.54) is 16.7 Å². The SMILES string of the molecule is CC(C)(C)c1cc2c(c(C(C)(C)C)c1)O[Si]1(c3cc(C#N)c(-c4ccccc4)c(C#N)c3)Oc3c(cc(C(C)(C)C)cc3C(C)(C)C)C2c2cc(C(C)(C)C)cc(C(C)(C)C)c2O1. The Kier molecular flexibility index (Phi) is 10.8. The minimum Gasteiger partial charge on any atom is -0.479 e. The largest absolute Gasteiger partial charge is 0.737 e. The monoisotopic (exact) mass is 856 g/mol. The zero-order valence-electron chi connectivity index (χ0n) is 41.2. The third-order valence-electron chi connectivity index (χ3n) is 12.8. The molecule has 5 aromatic rings. The van der Waals surface area contributed by atoms with Crippen LogP contribution in [-0.4, -0.2) is 8.80 Å². The van der Waals surface area contributed by atoms with Crippen molar-refractivity contribution >= 4 is 14.0 Å². The van der Waals surface area contributed by atoms with E-state index in [1.54, 1.807) is 0 Å². The van der Waals surface area contributed by atoms with Gasteiger partial charge in [-0.1, -0.05) is 191 Å². The molecule has 2 bridgehead atoms.